The second-order valence-corrected chi connectivity index (χ2v) is 5.00. The first-order chi connectivity index (χ1) is 8.19. The lowest BCUT2D eigenvalue weighted by Gasteiger charge is -2.18. The Morgan fingerprint density at radius 3 is 2.56 bits per heavy atom. The van der Waals surface area contributed by atoms with Crippen molar-refractivity contribution in [3.63, 3.8) is 0 Å². The van der Waals surface area contributed by atoms with Crippen molar-refractivity contribution >= 4 is 17.6 Å². The van der Waals surface area contributed by atoms with E-state index in [9.17, 15) is 9.59 Å². The van der Waals surface area contributed by atoms with E-state index in [0.717, 1.165) is 0 Å². The van der Waals surface area contributed by atoms with E-state index in [1.807, 2.05) is 20.8 Å². The highest BCUT2D eigenvalue weighted by Gasteiger charge is 2.17. The van der Waals surface area contributed by atoms with Crippen LogP contribution in [-0.2, 0) is 9.53 Å². The number of aryl methyl sites for hydroxylation is 1. The zero-order chi connectivity index (χ0) is 13.9. The van der Waals surface area contributed by atoms with Gasteiger partial charge in [0.25, 0.3) is 0 Å². The van der Waals surface area contributed by atoms with E-state index in [4.69, 9.17) is 9.84 Å². The SMILES string of the molecule is Cc1cc(NC(=O)COC(C)(C)C)c(C(=O)O)[nH]1. The molecule has 0 aromatic carbocycles. The van der Waals surface area contributed by atoms with Gasteiger partial charge >= 0.3 is 5.97 Å². The predicted molar refractivity (Wildman–Crippen MR) is 66.8 cm³/mol. The second-order valence-electron chi connectivity index (χ2n) is 5.00. The standard InChI is InChI=1S/C12H18N2O4/c1-7-5-8(10(13-7)11(16)17)14-9(15)6-18-12(2,3)4/h5,13H,6H2,1-4H3,(H,14,15)(H,16,17). The lowest BCUT2D eigenvalue weighted by Crippen LogP contribution is -2.27. The fourth-order valence-electron chi connectivity index (χ4n) is 1.32. The third-order valence-electron chi connectivity index (χ3n) is 2.08. The maximum Gasteiger partial charge on any atom is 0.354 e. The second kappa shape index (κ2) is 5.22. The van der Waals surface area contributed by atoms with Crippen LogP contribution >= 0.6 is 0 Å². The van der Waals surface area contributed by atoms with Gasteiger partial charge in [-0.3, -0.25) is 4.79 Å². The number of aromatic nitrogens is 1. The zero-order valence-electron chi connectivity index (χ0n) is 11.0. The first-order valence-corrected chi connectivity index (χ1v) is 5.56. The van der Waals surface area contributed by atoms with Crippen LogP contribution in [0.15, 0.2) is 6.07 Å². The maximum absolute atomic E-state index is 11.6. The minimum Gasteiger partial charge on any atom is -0.477 e. The molecule has 0 fully saturated rings. The highest BCUT2D eigenvalue weighted by atomic mass is 16.5. The number of carboxylic acids is 1. The number of carbonyl (C=O) groups excluding carboxylic acids is 1. The summed E-state index contributed by atoms with van der Waals surface area (Å²) in [6.45, 7) is 7.11. The van der Waals surface area contributed by atoms with Crippen LogP contribution in [0.5, 0.6) is 0 Å². The van der Waals surface area contributed by atoms with Crippen LogP contribution in [0.4, 0.5) is 5.69 Å². The number of anilines is 1. The Labute approximate surface area is 105 Å². The average Bonchev–Trinajstić information content (AvgIpc) is 2.55. The molecule has 0 atom stereocenters. The summed E-state index contributed by atoms with van der Waals surface area (Å²) in [4.78, 5) is 25.2. The number of hydrogen-bond donors (Lipinski definition) is 3. The molecule has 6 nitrogen and oxygen atoms in total. The molecule has 0 unspecified atom stereocenters. The average molecular weight is 254 g/mol. The van der Waals surface area contributed by atoms with Crippen LogP contribution < -0.4 is 5.32 Å². The van der Waals surface area contributed by atoms with Gasteiger partial charge in [-0.25, -0.2) is 4.79 Å². The normalized spacial score (nSPS) is 11.3. The van der Waals surface area contributed by atoms with E-state index >= 15 is 0 Å². The summed E-state index contributed by atoms with van der Waals surface area (Å²) in [6, 6.07) is 1.57. The minimum absolute atomic E-state index is 0.0309. The third-order valence-corrected chi connectivity index (χ3v) is 2.08. The molecule has 1 aromatic rings. The van der Waals surface area contributed by atoms with Gasteiger partial charge in [0.1, 0.15) is 12.3 Å². The van der Waals surface area contributed by atoms with Crippen molar-refractivity contribution in [2.75, 3.05) is 11.9 Å². The van der Waals surface area contributed by atoms with Crippen molar-refractivity contribution in [2.45, 2.75) is 33.3 Å². The van der Waals surface area contributed by atoms with Crippen LogP contribution in [0.2, 0.25) is 0 Å². The topological polar surface area (TPSA) is 91.4 Å². The van der Waals surface area contributed by atoms with Gasteiger partial charge in [-0.1, -0.05) is 0 Å². The van der Waals surface area contributed by atoms with E-state index < -0.39 is 11.6 Å². The summed E-state index contributed by atoms with van der Waals surface area (Å²) in [7, 11) is 0. The van der Waals surface area contributed by atoms with Gasteiger partial charge in [0.05, 0.1) is 11.3 Å². The first-order valence-electron chi connectivity index (χ1n) is 5.56. The Hall–Kier alpha value is -1.82. The highest BCUT2D eigenvalue weighted by molar-refractivity contribution is 6.00. The molecule has 1 aromatic heterocycles. The lowest BCUT2D eigenvalue weighted by atomic mass is 10.2. The number of carboxylic acid groups (broad SMARTS) is 1. The fraction of sp³-hybridized carbons (Fsp3) is 0.500. The molecule has 1 heterocycles. The third kappa shape index (κ3) is 4.21. The predicted octanol–water partition coefficient (Wildman–Crippen LogP) is 1.77. The van der Waals surface area contributed by atoms with E-state index in [-0.39, 0.29) is 23.9 Å². The van der Waals surface area contributed by atoms with Crippen molar-refractivity contribution in [1.29, 1.82) is 0 Å². The molecule has 18 heavy (non-hydrogen) atoms. The number of ether oxygens (including phenoxy) is 1. The van der Waals surface area contributed by atoms with Crippen molar-refractivity contribution < 1.29 is 19.4 Å². The fourth-order valence-corrected chi connectivity index (χ4v) is 1.32. The van der Waals surface area contributed by atoms with Gasteiger partial charge < -0.3 is 20.1 Å². The molecule has 0 bridgehead atoms. The molecular weight excluding hydrogens is 236 g/mol. The molecule has 0 radical (unpaired) electrons. The Morgan fingerprint density at radius 1 is 1.44 bits per heavy atom. The molecule has 6 heteroatoms. The molecule has 3 N–H and O–H groups in total. The summed E-state index contributed by atoms with van der Waals surface area (Å²) in [6.07, 6.45) is 0. The molecule has 1 amide bonds. The van der Waals surface area contributed by atoms with E-state index in [1.54, 1.807) is 13.0 Å². The smallest absolute Gasteiger partial charge is 0.354 e. The number of carbonyl (C=O) groups is 2. The van der Waals surface area contributed by atoms with Gasteiger partial charge in [0.2, 0.25) is 5.91 Å². The molecule has 100 valence electrons. The molecule has 0 saturated heterocycles. The zero-order valence-corrected chi connectivity index (χ0v) is 11.0. The molecule has 0 saturated carbocycles. The van der Waals surface area contributed by atoms with Crippen molar-refractivity contribution in [1.82, 2.24) is 4.98 Å². The Morgan fingerprint density at radius 2 is 2.06 bits per heavy atom. The lowest BCUT2D eigenvalue weighted by molar-refractivity contribution is -0.125. The van der Waals surface area contributed by atoms with Crippen molar-refractivity contribution in [3.05, 3.63) is 17.5 Å². The number of nitrogens with one attached hydrogen (secondary N) is 2. The Kier molecular flexibility index (Phi) is 4.13. The molecule has 0 spiro atoms. The molecule has 0 aliphatic rings. The summed E-state index contributed by atoms with van der Waals surface area (Å²) in [5, 5.41) is 11.4. The van der Waals surface area contributed by atoms with Crippen LogP contribution in [0.1, 0.15) is 37.0 Å². The summed E-state index contributed by atoms with van der Waals surface area (Å²) < 4.78 is 5.30. The number of H-pyrrole nitrogens is 1. The van der Waals surface area contributed by atoms with Gasteiger partial charge in [-0.15, -0.1) is 0 Å². The van der Waals surface area contributed by atoms with Crippen molar-refractivity contribution in [2.24, 2.45) is 0 Å². The number of aromatic amines is 1. The first kappa shape index (κ1) is 14.2. The van der Waals surface area contributed by atoms with Crippen LogP contribution in [0.25, 0.3) is 0 Å². The van der Waals surface area contributed by atoms with Gasteiger partial charge in [-0.05, 0) is 33.8 Å². The quantitative estimate of drug-likeness (QED) is 0.763. The van der Waals surface area contributed by atoms with E-state index in [1.165, 1.54) is 0 Å². The maximum atomic E-state index is 11.6. The Bertz CT molecular complexity index is 457. The van der Waals surface area contributed by atoms with Gasteiger partial charge in [-0.2, -0.15) is 0 Å². The minimum atomic E-state index is -1.12. The molecular formula is C12H18N2O4. The monoisotopic (exact) mass is 254 g/mol. The number of rotatable bonds is 4. The van der Waals surface area contributed by atoms with E-state index in [2.05, 4.69) is 10.3 Å². The number of hydrogen-bond acceptors (Lipinski definition) is 3. The van der Waals surface area contributed by atoms with Gasteiger partial charge in [0, 0.05) is 5.69 Å². The molecule has 1 rings (SSSR count). The van der Waals surface area contributed by atoms with Gasteiger partial charge in [0.15, 0.2) is 0 Å². The summed E-state index contributed by atoms with van der Waals surface area (Å²) in [5.74, 6) is -1.50. The van der Waals surface area contributed by atoms with Crippen LogP contribution in [-0.4, -0.2) is 34.2 Å². The molecule has 0 aliphatic heterocycles. The largest absolute Gasteiger partial charge is 0.477 e. The molecule has 0 aliphatic carbocycles. The summed E-state index contributed by atoms with van der Waals surface area (Å²) in [5.41, 5.74) is 0.472. The highest BCUT2D eigenvalue weighted by Crippen LogP contribution is 2.17. The number of amides is 1. The van der Waals surface area contributed by atoms with Crippen LogP contribution in [0, 0.1) is 6.92 Å². The Balaban J connectivity index is 2.67. The van der Waals surface area contributed by atoms with Crippen LogP contribution in [0.3, 0.4) is 0 Å². The summed E-state index contributed by atoms with van der Waals surface area (Å²) >= 11 is 0. The van der Waals surface area contributed by atoms with E-state index in [0.29, 0.717) is 5.69 Å². The van der Waals surface area contributed by atoms with Crippen molar-refractivity contribution in [3.8, 4) is 0 Å². The number of aromatic carboxylic acids is 1.